The van der Waals surface area contributed by atoms with Crippen LogP contribution < -0.4 is 0 Å². The largest absolute Gasteiger partial charge is 0.388 e. The highest BCUT2D eigenvalue weighted by atomic mass is 16.5. The van der Waals surface area contributed by atoms with Crippen LogP contribution in [0.25, 0.3) is 0 Å². The lowest BCUT2D eigenvalue weighted by molar-refractivity contribution is 0.186. The Balaban J connectivity index is 0.000000187. The summed E-state index contributed by atoms with van der Waals surface area (Å²) in [5.41, 5.74) is 0. The van der Waals surface area contributed by atoms with E-state index >= 15 is 0 Å². The lowest BCUT2D eigenvalue weighted by Gasteiger charge is -1.87. The first-order valence-electron chi connectivity index (χ1n) is 3.24. The molecule has 0 radical (unpaired) electrons. The Morgan fingerprint density at radius 2 is 1.67 bits per heavy atom. The standard InChI is InChI=1S/C5H10O.C2H6O/c1-6-4-5-2-3-5;1-3-2/h5H,2-4H2,1H3;1-2H3. The Morgan fingerprint density at radius 3 is 1.78 bits per heavy atom. The van der Waals surface area contributed by atoms with E-state index in [1.807, 2.05) is 0 Å². The summed E-state index contributed by atoms with van der Waals surface area (Å²) in [4.78, 5) is 0. The molecule has 1 aliphatic rings. The molecular weight excluding hydrogens is 116 g/mol. The van der Waals surface area contributed by atoms with Crippen LogP contribution in [-0.4, -0.2) is 27.9 Å². The third kappa shape index (κ3) is 7.92. The second kappa shape index (κ2) is 6.05. The summed E-state index contributed by atoms with van der Waals surface area (Å²) in [5.74, 6) is 0.926. The summed E-state index contributed by atoms with van der Waals surface area (Å²) in [6.07, 6.45) is 2.79. The van der Waals surface area contributed by atoms with Crippen LogP contribution >= 0.6 is 0 Å². The number of ether oxygens (including phenoxy) is 2. The van der Waals surface area contributed by atoms with Crippen molar-refractivity contribution >= 4 is 0 Å². The van der Waals surface area contributed by atoms with Crippen LogP contribution in [0, 0.1) is 5.92 Å². The molecule has 1 rings (SSSR count). The van der Waals surface area contributed by atoms with Gasteiger partial charge in [-0.15, -0.1) is 0 Å². The first kappa shape index (κ1) is 8.92. The minimum Gasteiger partial charge on any atom is -0.388 e. The highest BCUT2D eigenvalue weighted by Gasteiger charge is 2.19. The second-order valence-corrected chi connectivity index (χ2v) is 2.31. The Labute approximate surface area is 57.2 Å². The summed E-state index contributed by atoms with van der Waals surface area (Å²) in [7, 11) is 5.01. The Bertz CT molecular complexity index is 50.9. The van der Waals surface area contributed by atoms with E-state index in [-0.39, 0.29) is 0 Å². The molecule has 0 heterocycles. The van der Waals surface area contributed by atoms with Crippen LogP contribution in [0.1, 0.15) is 12.8 Å². The van der Waals surface area contributed by atoms with Gasteiger partial charge in [-0.05, 0) is 18.8 Å². The van der Waals surface area contributed by atoms with E-state index < -0.39 is 0 Å². The molecule has 0 bridgehead atoms. The third-order valence-corrected chi connectivity index (χ3v) is 1.10. The minimum atomic E-state index is 0.926. The van der Waals surface area contributed by atoms with E-state index in [1.54, 1.807) is 21.3 Å². The molecule has 1 fully saturated rings. The number of methoxy groups -OCH3 is 2. The average molecular weight is 132 g/mol. The van der Waals surface area contributed by atoms with Gasteiger partial charge in [-0.3, -0.25) is 0 Å². The van der Waals surface area contributed by atoms with Crippen molar-refractivity contribution in [2.24, 2.45) is 5.92 Å². The molecule has 0 aromatic carbocycles. The van der Waals surface area contributed by atoms with Crippen molar-refractivity contribution in [3.05, 3.63) is 0 Å². The van der Waals surface area contributed by atoms with E-state index in [1.165, 1.54) is 12.8 Å². The Morgan fingerprint density at radius 1 is 1.22 bits per heavy atom. The first-order valence-corrected chi connectivity index (χ1v) is 3.24. The summed E-state index contributed by atoms with van der Waals surface area (Å²) in [6, 6.07) is 0. The summed E-state index contributed by atoms with van der Waals surface area (Å²) in [5, 5.41) is 0. The third-order valence-electron chi connectivity index (χ3n) is 1.10. The summed E-state index contributed by atoms with van der Waals surface area (Å²) >= 11 is 0. The maximum atomic E-state index is 4.87. The highest BCUT2D eigenvalue weighted by Crippen LogP contribution is 2.28. The zero-order valence-electron chi connectivity index (χ0n) is 6.52. The van der Waals surface area contributed by atoms with Gasteiger partial charge in [0, 0.05) is 27.9 Å². The molecule has 0 amide bonds. The molecule has 0 unspecified atom stereocenters. The minimum absolute atomic E-state index is 0.926. The maximum Gasteiger partial charge on any atom is 0.0490 e. The van der Waals surface area contributed by atoms with Crippen molar-refractivity contribution in [1.29, 1.82) is 0 Å². The molecular formula is C7H16O2. The molecule has 0 atom stereocenters. The second-order valence-electron chi connectivity index (χ2n) is 2.31. The molecule has 2 nitrogen and oxygen atoms in total. The van der Waals surface area contributed by atoms with Crippen LogP contribution in [0.3, 0.4) is 0 Å². The molecule has 0 aromatic rings. The zero-order valence-corrected chi connectivity index (χ0v) is 6.52. The normalized spacial score (nSPS) is 16.3. The van der Waals surface area contributed by atoms with E-state index in [0.29, 0.717) is 0 Å². The van der Waals surface area contributed by atoms with Gasteiger partial charge in [0.15, 0.2) is 0 Å². The summed E-state index contributed by atoms with van der Waals surface area (Å²) in [6.45, 7) is 0.986. The molecule has 0 saturated heterocycles. The van der Waals surface area contributed by atoms with Crippen molar-refractivity contribution in [1.82, 2.24) is 0 Å². The molecule has 56 valence electrons. The molecule has 9 heavy (non-hydrogen) atoms. The first-order chi connectivity index (χ1) is 4.35. The maximum absolute atomic E-state index is 4.87. The molecule has 1 saturated carbocycles. The molecule has 0 spiro atoms. The van der Waals surface area contributed by atoms with Crippen molar-refractivity contribution in [2.75, 3.05) is 27.9 Å². The molecule has 1 aliphatic carbocycles. The van der Waals surface area contributed by atoms with Gasteiger partial charge in [0.2, 0.25) is 0 Å². The molecule has 2 heteroatoms. The monoisotopic (exact) mass is 132 g/mol. The highest BCUT2D eigenvalue weighted by molar-refractivity contribution is 4.71. The van der Waals surface area contributed by atoms with Gasteiger partial charge in [-0.25, -0.2) is 0 Å². The Kier molecular flexibility index (Phi) is 5.99. The van der Waals surface area contributed by atoms with Gasteiger partial charge < -0.3 is 9.47 Å². The van der Waals surface area contributed by atoms with Crippen molar-refractivity contribution in [3.8, 4) is 0 Å². The van der Waals surface area contributed by atoms with Gasteiger partial charge in [-0.1, -0.05) is 0 Å². The van der Waals surface area contributed by atoms with E-state index in [9.17, 15) is 0 Å². The van der Waals surface area contributed by atoms with Gasteiger partial charge >= 0.3 is 0 Å². The number of hydrogen-bond acceptors (Lipinski definition) is 2. The van der Waals surface area contributed by atoms with Gasteiger partial charge in [0.1, 0.15) is 0 Å². The smallest absolute Gasteiger partial charge is 0.0490 e. The fraction of sp³-hybridized carbons (Fsp3) is 1.00. The molecule has 0 aliphatic heterocycles. The van der Waals surface area contributed by atoms with Gasteiger partial charge in [-0.2, -0.15) is 0 Å². The van der Waals surface area contributed by atoms with E-state index in [2.05, 4.69) is 4.74 Å². The molecule has 0 N–H and O–H groups in total. The summed E-state index contributed by atoms with van der Waals surface area (Å²) < 4.78 is 9.12. The fourth-order valence-electron chi connectivity index (χ4n) is 0.520. The number of hydrogen-bond donors (Lipinski definition) is 0. The van der Waals surface area contributed by atoms with Crippen LogP contribution in [0.5, 0.6) is 0 Å². The van der Waals surface area contributed by atoms with Crippen molar-refractivity contribution < 1.29 is 9.47 Å². The zero-order chi connectivity index (χ0) is 7.11. The quantitative estimate of drug-likeness (QED) is 0.564. The lowest BCUT2D eigenvalue weighted by atomic mass is 10.5. The van der Waals surface area contributed by atoms with E-state index in [4.69, 9.17) is 4.74 Å². The average Bonchev–Trinajstić information content (AvgIpc) is 2.53. The van der Waals surface area contributed by atoms with E-state index in [0.717, 1.165) is 12.5 Å². The lowest BCUT2D eigenvalue weighted by Crippen LogP contribution is -1.87. The van der Waals surface area contributed by atoms with Crippen LogP contribution in [0.15, 0.2) is 0 Å². The van der Waals surface area contributed by atoms with Crippen molar-refractivity contribution in [3.63, 3.8) is 0 Å². The predicted molar refractivity (Wildman–Crippen MR) is 37.5 cm³/mol. The predicted octanol–water partition coefficient (Wildman–Crippen LogP) is 1.31. The van der Waals surface area contributed by atoms with Gasteiger partial charge in [0.05, 0.1) is 0 Å². The fourth-order valence-corrected chi connectivity index (χ4v) is 0.520. The van der Waals surface area contributed by atoms with Gasteiger partial charge in [0.25, 0.3) is 0 Å². The molecule has 0 aromatic heterocycles. The van der Waals surface area contributed by atoms with Crippen LogP contribution in [0.4, 0.5) is 0 Å². The number of rotatable bonds is 2. The topological polar surface area (TPSA) is 18.5 Å². The van der Waals surface area contributed by atoms with Crippen LogP contribution in [0.2, 0.25) is 0 Å². The van der Waals surface area contributed by atoms with Crippen LogP contribution in [-0.2, 0) is 9.47 Å². The SMILES string of the molecule is COC.COCC1CC1. The Hall–Kier alpha value is -0.0800. The van der Waals surface area contributed by atoms with Crippen molar-refractivity contribution in [2.45, 2.75) is 12.8 Å².